The van der Waals surface area contributed by atoms with Gasteiger partial charge in [0.05, 0.1) is 17.3 Å². The van der Waals surface area contributed by atoms with Crippen LogP contribution in [0.25, 0.3) is 10.9 Å². The van der Waals surface area contributed by atoms with Crippen molar-refractivity contribution in [3.05, 3.63) is 42.1 Å². The van der Waals surface area contributed by atoms with Crippen LogP contribution < -0.4 is 0 Å². The summed E-state index contributed by atoms with van der Waals surface area (Å²) in [6.45, 7) is 2.54. The molecule has 0 spiro atoms. The summed E-state index contributed by atoms with van der Waals surface area (Å²) in [5.74, 6) is 0.938. The summed E-state index contributed by atoms with van der Waals surface area (Å²) in [7, 11) is 0. The topological polar surface area (TPSA) is 16.1 Å². The maximum atomic E-state index is 4.88. The lowest BCUT2D eigenvalue weighted by Gasteiger charge is -2.45. The Morgan fingerprint density at radius 1 is 1.00 bits per heavy atom. The van der Waals surface area contributed by atoms with Crippen LogP contribution in [0.5, 0.6) is 0 Å². The van der Waals surface area contributed by atoms with Crippen LogP contribution in [0.2, 0.25) is 0 Å². The molecule has 1 aromatic heterocycles. The minimum atomic E-state index is 0.571. The minimum absolute atomic E-state index is 0.571. The van der Waals surface area contributed by atoms with Crippen LogP contribution in [0.15, 0.2) is 36.4 Å². The van der Waals surface area contributed by atoms with Crippen molar-refractivity contribution < 1.29 is 0 Å². The molecule has 2 aromatic rings. The Morgan fingerprint density at radius 3 is 2.61 bits per heavy atom. The lowest BCUT2D eigenvalue weighted by molar-refractivity contribution is 0.0470. The van der Waals surface area contributed by atoms with Gasteiger partial charge in [0, 0.05) is 5.39 Å². The van der Waals surface area contributed by atoms with Crippen molar-refractivity contribution >= 4 is 10.9 Å². The van der Waals surface area contributed by atoms with Gasteiger partial charge in [-0.15, -0.1) is 0 Å². The Hall–Kier alpha value is -1.41. The van der Waals surface area contributed by atoms with Crippen LogP contribution in [0.3, 0.4) is 0 Å². The first-order valence-electron chi connectivity index (χ1n) is 7.00. The lowest BCUT2D eigenvalue weighted by Crippen LogP contribution is -2.43. The van der Waals surface area contributed by atoms with E-state index in [9.17, 15) is 0 Å². The molecule has 0 amide bonds. The van der Waals surface area contributed by atoms with Gasteiger partial charge in [-0.2, -0.15) is 0 Å². The van der Waals surface area contributed by atoms with Crippen LogP contribution in [0.1, 0.15) is 31.0 Å². The molecule has 0 aliphatic carbocycles. The smallest absolute Gasteiger partial charge is 0.0706 e. The molecule has 0 saturated carbocycles. The molecule has 3 aliphatic heterocycles. The molecule has 0 N–H and O–H groups in total. The molecule has 4 heterocycles. The van der Waals surface area contributed by atoms with Gasteiger partial charge in [0.2, 0.25) is 0 Å². The predicted octanol–water partition coefficient (Wildman–Crippen LogP) is 3.39. The molecule has 18 heavy (non-hydrogen) atoms. The van der Waals surface area contributed by atoms with E-state index < -0.39 is 0 Å². The van der Waals surface area contributed by atoms with Crippen molar-refractivity contribution in [1.82, 2.24) is 9.88 Å². The second-order valence-corrected chi connectivity index (χ2v) is 5.66. The van der Waals surface area contributed by atoms with Crippen molar-refractivity contribution in [1.29, 1.82) is 0 Å². The van der Waals surface area contributed by atoms with Crippen molar-refractivity contribution in [2.24, 2.45) is 5.92 Å². The zero-order chi connectivity index (χ0) is 11.9. The number of hydrogen-bond acceptors (Lipinski definition) is 2. The summed E-state index contributed by atoms with van der Waals surface area (Å²) in [5, 5.41) is 1.25. The molecule has 5 rings (SSSR count). The Labute approximate surface area is 108 Å². The first-order valence-corrected chi connectivity index (χ1v) is 7.00. The van der Waals surface area contributed by atoms with E-state index in [1.807, 2.05) is 0 Å². The predicted molar refractivity (Wildman–Crippen MR) is 73.4 cm³/mol. The maximum absolute atomic E-state index is 4.88. The van der Waals surface area contributed by atoms with E-state index in [1.165, 1.54) is 43.4 Å². The van der Waals surface area contributed by atoms with Crippen molar-refractivity contribution in [2.45, 2.75) is 25.3 Å². The number of aromatic nitrogens is 1. The minimum Gasteiger partial charge on any atom is -0.295 e. The molecule has 2 heteroatoms. The number of hydrogen-bond donors (Lipinski definition) is 0. The van der Waals surface area contributed by atoms with E-state index in [0.29, 0.717) is 6.04 Å². The molecule has 2 nitrogen and oxygen atoms in total. The number of piperidine rings is 3. The van der Waals surface area contributed by atoms with Gasteiger partial charge >= 0.3 is 0 Å². The van der Waals surface area contributed by atoms with Gasteiger partial charge in [-0.3, -0.25) is 9.88 Å². The second kappa shape index (κ2) is 4.06. The molecule has 2 bridgehead atoms. The number of para-hydroxylation sites is 1. The third-order valence-electron chi connectivity index (χ3n) is 4.61. The third kappa shape index (κ3) is 1.64. The SMILES string of the molecule is c1ccc2nc(C3CC4CCN3CC4)ccc2c1. The second-order valence-electron chi connectivity index (χ2n) is 5.66. The fraction of sp³-hybridized carbons (Fsp3) is 0.438. The van der Waals surface area contributed by atoms with Crippen LogP contribution >= 0.6 is 0 Å². The highest BCUT2D eigenvalue weighted by molar-refractivity contribution is 5.78. The highest BCUT2D eigenvalue weighted by Crippen LogP contribution is 2.39. The molecule has 92 valence electrons. The van der Waals surface area contributed by atoms with E-state index in [2.05, 4.69) is 41.3 Å². The van der Waals surface area contributed by atoms with Crippen LogP contribution in [0, 0.1) is 5.92 Å². The zero-order valence-corrected chi connectivity index (χ0v) is 10.5. The Bertz CT molecular complexity index is 570. The first-order chi connectivity index (χ1) is 8.90. The van der Waals surface area contributed by atoms with E-state index in [0.717, 1.165) is 11.4 Å². The first kappa shape index (κ1) is 10.5. The maximum Gasteiger partial charge on any atom is 0.0706 e. The van der Waals surface area contributed by atoms with Crippen LogP contribution in [-0.2, 0) is 0 Å². The molecule has 0 radical (unpaired) electrons. The van der Waals surface area contributed by atoms with Crippen molar-refractivity contribution in [3.63, 3.8) is 0 Å². The Kier molecular flexibility index (Phi) is 2.37. The monoisotopic (exact) mass is 238 g/mol. The summed E-state index contributed by atoms with van der Waals surface area (Å²) in [6, 6.07) is 13.4. The summed E-state index contributed by atoms with van der Waals surface area (Å²) in [5.41, 5.74) is 2.41. The molecule has 3 saturated heterocycles. The number of rotatable bonds is 1. The van der Waals surface area contributed by atoms with Gasteiger partial charge in [0.15, 0.2) is 0 Å². The van der Waals surface area contributed by atoms with E-state index >= 15 is 0 Å². The molecular weight excluding hydrogens is 220 g/mol. The van der Waals surface area contributed by atoms with Gasteiger partial charge in [-0.05, 0) is 50.4 Å². The summed E-state index contributed by atoms with van der Waals surface area (Å²) < 4.78 is 0. The van der Waals surface area contributed by atoms with Crippen molar-refractivity contribution in [3.8, 4) is 0 Å². The number of nitrogens with zero attached hydrogens (tertiary/aromatic N) is 2. The van der Waals surface area contributed by atoms with Crippen molar-refractivity contribution in [2.75, 3.05) is 13.1 Å². The van der Waals surface area contributed by atoms with Gasteiger partial charge in [-0.1, -0.05) is 24.3 Å². The molecule has 1 aromatic carbocycles. The molecule has 3 fully saturated rings. The average molecular weight is 238 g/mol. The number of pyridine rings is 1. The molecule has 1 unspecified atom stereocenters. The number of fused-ring (bicyclic) bond motifs is 4. The van der Waals surface area contributed by atoms with Gasteiger partial charge in [0.1, 0.15) is 0 Å². The number of benzene rings is 1. The van der Waals surface area contributed by atoms with E-state index in [-0.39, 0.29) is 0 Å². The summed E-state index contributed by atoms with van der Waals surface area (Å²) >= 11 is 0. The fourth-order valence-corrected chi connectivity index (χ4v) is 3.54. The van der Waals surface area contributed by atoms with Crippen LogP contribution in [-0.4, -0.2) is 23.0 Å². The molecule has 1 atom stereocenters. The Morgan fingerprint density at radius 2 is 1.83 bits per heavy atom. The highest BCUT2D eigenvalue weighted by Gasteiger charge is 2.34. The Balaban J connectivity index is 1.74. The zero-order valence-electron chi connectivity index (χ0n) is 10.5. The van der Waals surface area contributed by atoms with Crippen LogP contribution in [0.4, 0.5) is 0 Å². The lowest BCUT2D eigenvalue weighted by atomic mass is 9.82. The summed E-state index contributed by atoms with van der Waals surface area (Å²) in [6.07, 6.45) is 4.10. The quantitative estimate of drug-likeness (QED) is 0.757. The normalized spacial score (nSPS) is 30.8. The van der Waals surface area contributed by atoms with Gasteiger partial charge < -0.3 is 0 Å². The molecule has 3 aliphatic rings. The standard InChI is InChI=1S/C16H18N2/c1-2-4-14-13(3-1)5-6-15(17-14)16-11-12-7-9-18(16)10-8-12/h1-6,12,16H,7-11H2. The fourth-order valence-electron chi connectivity index (χ4n) is 3.54. The average Bonchev–Trinajstić information content (AvgIpc) is 2.48. The highest BCUT2D eigenvalue weighted by atomic mass is 15.2. The van der Waals surface area contributed by atoms with Gasteiger partial charge in [0.25, 0.3) is 0 Å². The van der Waals surface area contributed by atoms with Gasteiger partial charge in [-0.25, -0.2) is 0 Å². The van der Waals surface area contributed by atoms with E-state index in [1.54, 1.807) is 0 Å². The molecular formula is C16H18N2. The summed E-state index contributed by atoms with van der Waals surface area (Å²) in [4.78, 5) is 7.50. The van der Waals surface area contributed by atoms with E-state index in [4.69, 9.17) is 4.98 Å². The third-order valence-corrected chi connectivity index (χ3v) is 4.61. The largest absolute Gasteiger partial charge is 0.295 e.